The van der Waals surface area contributed by atoms with Crippen LogP contribution in [0.3, 0.4) is 0 Å². The van der Waals surface area contributed by atoms with Crippen molar-refractivity contribution in [1.29, 1.82) is 0 Å². The Morgan fingerprint density at radius 2 is 1.94 bits per heavy atom. The lowest BCUT2D eigenvalue weighted by Crippen LogP contribution is -2.31. The molecule has 0 heterocycles. The predicted molar refractivity (Wildman–Crippen MR) is 67.5 cm³/mol. The van der Waals surface area contributed by atoms with Gasteiger partial charge < -0.3 is 5.32 Å². The zero-order valence-corrected chi connectivity index (χ0v) is 11.3. The number of nitrogens with one attached hydrogen (secondary N) is 2. The Hall–Kier alpha value is -0.690. The molecular weight excluding hydrogens is 267 g/mol. The van der Waals surface area contributed by atoms with E-state index in [1.807, 2.05) is 0 Å². The van der Waals surface area contributed by atoms with E-state index in [0.717, 1.165) is 6.07 Å². The van der Waals surface area contributed by atoms with Gasteiger partial charge in [0.15, 0.2) is 0 Å². The fourth-order valence-corrected chi connectivity index (χ4v) is 2.40. The van der Waals surface area contributed by atoms with Gasteiger partial charge in [0, 0.05) is 13.1 Å². The molecule has 0 aliphatic carbocycles. The summed E-state index contributed by atoms with van der Waals surface area (Å²) in [6, 6.07) is 4.00. The first-order valence-corrected chi connectivity index (χ1v) is 6.36. The molecule has 98 valence electrons. The Labute approximate surface area is 107 Å². The Morgan fingerprint density at radius 1 is 1.29 bits per heavy atom. The molecule has 0 amide bonds. The van der Waals surface area contributed by atoms with Gasteiger partial charge in [-0.1, -0.05) is 6.07 Å². The first-order valence-electron chi connectivity index (χ1n) is 4.88. The van der Waals surface area contributed by atoms with Crippen molar-refractivity contribution in [3.63, 3.8) is 0 Å². The lowest BCUT2D eigenvalue weighted by atomic mass is 10.2. The van der Waals surface area contributed by atoms with Gasteiger partial charge in [-0.3, -0.25) is 0 Å². The molecule has 0 spiro atoms. The summed E-state index contributed by atoms with van der Waals surface area (Å²) >= 11 is 0. The summed E-state index contributed by atoms with van der Waals surface area (Å²) in [6.07, 6.45) is 0. The molecule has 7 heteroatoms. The molecule has 4 nitrogen and oxygen atoms in total. The van der Waals surface area contributed by atoms with Crippen molar-refractivity contribution >= 4 is 22.4 Å². The van der Waals surface area contributed by atoms with E-state index >= 15 is 0 Å². The monoisotopic (exact) mass is 282 g/mol. The SMILES string of the molecule is CNCCNS(=O)(=O)c1cc(C)ccc1F.Cl. The maximum atomic E-state index is 13.3. The van der Waals surface area contributed by atoms with Crippen LogP contribution >= 0.6 is 12.4 Å². The summed E-state index contributed by atoms with van der Waals surface area (Å²) in [6.45, 7) is 2.44. The smallest absolute Gasteiger partial charge is 0.243 e. The molecule has 0 bridgehead atoms. The zero-order chi connectivity index (χ0) is 12.2. The highest BCUT2D eigenvalue weighted by Gasteiger charge is 2.18. The van der Waals surface area contributed by atoms with Gasteiger partial charge in [-0.25, -0.2) is 17.5 Å². The van der Waals surface area contributed by atoms with Gasteiger partial charge >= 0.3 is 0 Å². The van der Waals surface area contributed by atoms with Crippen molar-refractivity contribution < 1.29 is 12.8 Å². The van der Waals surface area contributed by atoms with E-state index in [2.05, 4.69) is 10.0 Å². The first-order chi connectivity index (χ1) is 7.47. The molecule has 0 aliphatic rings. The van der Waals surface area contributed by atoms with Crippen LogP contribution in [0.1, 0.15) is 5.56 Å². The predicted octanol–water partition coefficient (Wildman–Crippen LogP) is 1.05. The Kier molecular flexibility index (Phi) is 6.62. The van der Waals surface area contributed by atoms with Crippen LogP contribution in [0.25, 0.3) is 0 Å². The van der Waals surface area contributed by atoms with Gasteiger partial charge in [-0.05, 0) is 31.7 Å². The topological polar surface area (TPSA) is 58.2 Å². The van der Waals surface area contributed by atoms with Crippen LogP contribution in [0.15, 0.2) is 23.1 Å². The second-order valence-corrected chi connectivity index (χ2v) is 5.17. The minimum Gasteiger partial charge on any atom is -0.318 e. The molecule has 0 saturated heterocycles. The summed E-state index contributed by atoms with van der Waals surface area (Å²) in [5.41, 5.74) is 0.704. The molecule has 1 aromatic rings. The van der Waals surface area contributed by atoms with Crippen LogP contribution in [0, 0.1) is 12.7 Å². The van der Waals surface area contributed by atoms with Crippen LogP contribution in [-0.4, -0.2) is 28.6 Å². The number of aryl methyl sites for hydroxylation is 1. The summed E-state index contributed by atoms with van der Waals surface area (Å²) in [7, 11) is -2.04. The zero-order valence-electron chi connectivity index (χ0n) is 9.66. The maximum absolute atomic E-state index is 13.3. The molecule has 1 aromatic carbocycles. The van der Waals surface area contributed by atoms with Crippen molar-refractivity contribution in [3.8, 4) is 0 Å². The fourth-order valence-electron chi connectivity index (χ4n) is 1.20. The Bertz CT molecular complexity index is 465. The van der Waals surface area contributed by atoms with E-state index in [4.69, 9.17) is 0 Å². The Balaban J connectivity index is 0.00000256. The summed E-state index contributed by atoms with van der Waals surface area (Å²) < 4.78 is 39.1. The quantitative estimate of drug-likeness (QED) is 0.794. The summed E-state index contributed by atoms with van der Waals surface area (Å²) in [5, 5.41) is 2.80. The molecule has 17 heavy (non-hydrogen) atoms. The van der Waals surface area contributed by atoms with Gasteiger partial charge in [-0.2, -0.15) is 0 Å². The minimum absolute atomic E-state index is 0. The summed E-state index contributed by atoms with van der Waals surface area (Å²) in [5.74, 6) is -0.734. The highest BCUT2D eigenvalue weighted by molar-refractivity contribution is 7.89. The lowest BCUT2D eigenvalue weighted by Gasteiger charge is -2.08. The van der Waals surface area contributed by atoms with Crippen molar-refractivity contribution in [3.05, 3.63) is 29.6 Å². The van der Waals surface area contributed by atoms with E-state index in [0.29, 0.717) is 12.1 Å². The minimum atomic E-state index is -3.75. The van der Waals surface area contributed by atoms with Crippen LogP contribution in [0.4, 0.5) is 4.39 Å². The fraction of sp³-hybridized carbons (Fsp3) is 0.400. The van der Waals surface area contributed by atoms with Crippen LogP contribution in [-0.2, 0) is 10.0 Å². The van der Waals surface area contributed by atoms with E-state index in [1.165, 1.54) is 12.1 Å². The third kappa shape index (κ3) is 4.59. The van der Waals surface area contributed by atoms with Crippen LogP contribution in [0.5, 0.6) is 0 Å². The number of rotatable bonds is 5. The lowest BCUT2D eigenvalue weighted by molar-refractivity contribution is 0.555. The third-order valence-electron chi connectivity index (χ3n) is 2.04. The highest BCUT2D eigenvalue weighted by Crippen LogP contribution is 2.15. The maximum Gasteiger partial charge on any atom is 0.243 e. The number of sulfonamides is 1. The van der Waals surface area contributed by atoms with E-state index in [1.54, 1.807) is 14.0 Å². The van der Waals surface area contributed by atoms with Gasteiger partial charge in [0.1, 0.15) is 10.7 Å². The Morgan fingerprint density at radius 3 is 2.53 bits per heavy atom. The second kappa shape index (κ2) is 6.90. The van der Waals surface area contributed by atoms with Crippen molar-refractivity contribution in [2.45, 2.75) is 11.8 Å². The standard InChI is InChI=1S/C10H15FN2O2S.ClH/c1-8-3-4-9(11)10(7-8)16(14,15)13-6-5-12-2;/h3-4,7,12-13H,5-6H2,1-2H3;1H. The van der Waals surface area contributed by atoms with Crippen LogP contribution < -0.4 is 10.0 Å². The number of hydrogen-bond donors (Lipinski definition) is 2. The average Bonchev–Trinajstić information content (AvgIpc) is 2.22. The van der Waals surface area contributed by atoms with Crippen molar-refractivity contribution in [2.24, 2.45) is 0 Å². The highest BCUT2D eigenvalue weighted by atomic mass is 35.5. The molecule has 2 N–H and O–H groups in total. The van der Waals surface area contributed by atoms with Crippen molar-refractivity contribution in [1.82, 2.24) is 10.0 Å². The van der Waals surface area contributed by atoms with E-state index in [-0.39, 0.29) is 23.8 Å². The molecule has 0 radical (unpaired) electrons. The van der Waals surface area contributed by atoms with Gasteiger partial charge in [-0.15, -0.1) is 12.4 Å². The largest absolute Gasteiger partial charge is 0.318 e. The van der Waals surface area contributed by atoms with Gasteiger partial charge in [0.25, 0.3) is 0 Å². The van der Waals surface area contributed by atoms with Gasteiger partial charge in [0.05, 0.1) is 0 Å². The van der Waals surface area contributed by atoms with E-state index < -0.39 is 15.8 Å². The van der Waals surface area contributed by atoms with Gasteiger partial charge in [0.2, 0.25) is 10.0 Å². The normalized spacial score (nSPS) is 11.0. The number of halogens is 2. The molecule has 0 fully saturated rings. The van der Waals surface area contributed by atoms with E-state index in [9.17, 15) is 12.8 Å². The number of hydrogen-bond acceptors (Lipinski definition) is 3. The second-order valence-electron chi connectivity index (χ2n) is 3.44. The van der Waals surface area contributed by atoms with Crippen LogP contribution in [0.2, 0.25) is 0 Å². The molecular formula is C10H16ClFN2O2S. The van der Waals surface area contributed by atoms with Crippen molar-refractivity contribution in [2.75, 3.05) is 20.1 Å². The molecule has 0 atom stereocenters. The number of likely N-dealkylation sites (N-methyl/N-ethyl adjacent to an activating group) is 1. The summed E-state index contributed by atoms with van der Waals surface area (Å²) in [4.78, 5) is -0.302. The third-order valence-corrected chi connectivity index (χ3v) is 3.52. The average molecular weight is 283 g/mol. The molecule has 0 aliphatic heterocycles. The molecule has 1 rings (SSSR count). The first kappa shape index (κ1) is 16.3. The molecule has 0 saturated carbocycles. The number of benzene rings is 1. The molecule has 0 unspecified atom stereocenters. The molecule has 0 aromatic heterocycles.